The Morgan fingerprint density at radius 1 is 1.83 bits per heavy atom. The Kier molecular flexibility index (Phi) is 2.42. The highest BCUT2D eigenvalue weighted by Crippen LogP contribution is 2.10. The van der Waals surface area contributed by atoms with Gasteiger partial charge in [-0.05, 0) is 0 Å². The Labute approximate surface area is 67.2 Å². The molecule has 64 valence electrons. The number of nitrogens with one attached hydrogen (secondary N) is 1. The van der Waals surface area contributed by atoms with E-state index >= 15 is 0 Å². The largest absolute Gasteiger partial charge is 0.478 e. The molecule has 1 unspecified atom stereocenters. The number of hydrogen-bond donors (Lipinski definition) is 2. The van der Waals surface area contributed by atoms with Gasteiger partial charge in [-0.1, -0.05) is 0 Å². The van der Waals surface area contributed by atoms with Crippen molar-refractivity contribution in [3.63, 3.8) is 0 Å². The number of aromatic nitrogens is 2. The second-order valence-corrected chi connectivity index (χ2v) is 1.93. The van der Waals surface area contributed by atoms with Crippen molar-refractivity contribution in [2.24, 2.45) is 0 Å². The lowest BCUT2D eigenvalue weighted by Crippen LogP contribution is -2.15. The first-order valence-corrected chi connectivity index (χ1v) is 3.07. The lowest BCUT2D eigenvalue weighted by atomic mass is 10.3. The molecule has 0 aromatic carbocycles. The number of carboxylic acid groups (broad SMARTS) is 1. The molecule has 0 aliphatic heterocycles. The second kappa shape index (κ2) is 3.51. The third kappa shape index (κ3) is 1.60. The number of aromatic amines is 1. The molecule has 0 bridgehead atoms. The van der Waals surface area contributed by atoms with Gasteiger partial charge in [-0.25, -0.2) is 9.78 Å². The van der Waals surface area contributed by atoms with Gasteiger partial charge in [0.2, 0.25) is 0 Å². The summed E-state index contributed by atoms with van der Waals surface area (Å²) in [6.45, 7) is 0.0707. The monoisotopic (exact) mass is 170 g/mol. The summed E-state index contributed by atoms with van der Waals surface area (Å²) in [7, 11) is 0. The highest BCUT2D eigenvalue weighted by Gasteiger charge is 2.23. The van der Waals surface area contributed by atoms with E-state index in [-0.39, 0.29) is 12.3 Å². The molecule has 1 aromatic rings. The Balaban J connectivity index is 2.80. The maximum absolute atomic E-state index is 10.4. The van der Waals surface area contributed by atoms with Crippen molar-refractivity contribution in [2.45, 2.75) is 6.10 Å². The van der Waals surface area contributed by atoms with Crippen molar-refractivity contribution in [3.05, 3.63) is 18.2 Å². The molecular formula is C6H6N2O4. The SMILES string of the molecule is O=COC(C(=O)O)c1ncc[nH]1. The predicted molar refractivity (Wildman–Crippen MR) is 36.1 cm³/mol. The molecule has 0 spiro atoms. The molecule has 1 aromatic heterocycles. The van der Waals surface area contributed by atoms with E-state index in [0.29, 0.717) is 0 Å². The number of carbonyl (C=O) groups excluding carboxylic acids is 1. The summed E-state index contributed by atoms with van der Waals surface area (Å²) in [6.07, 6.45) is 1.47. The standard InChI is InChI=1S/C6H6N2O4/c9-3-12-4(6(10)11)5-7-1-2-8-5/h1-4H,(H,7,8)(H,10,11). The minimum atomic E-state index is -1.35. The fourth-order valence-electron chi connectivity index (χ4n) is 0.716. The first-order valence-electron chi connectivity index (χ1n) is 3.07. The maximum Gasteiger partial charge on any atom is 0.353 e. The predicted octanol–water partition coefficient (Wildman–Crippen LogP) is -0.292. The van der Waals surface area contributed by atoms with Gasteiger partial charge in [0.25, 0.3) is 12.6 Å². The van der Waals surface area contributed by atoms with Crippen molar-refractivity contribution >= 4 is 12.4 Å². The highest BCUT2D eigenvalue weighted by atomic mass is 16.5. The van der Waals surface area contributed by atoms with Gasteiger partial charge in [0.1, 0.15) is 0 Å². The number of aliphatic carboxylic acids is 1. The first-order chi connectivity index (χ1) is 5.75. The fourth-order valence-corrected chi connectivity index (χ4v) is 0.716. The van der Waals surface area contributed by atoms with Crippen molar-refractivity contribution in [2.75, 3.05) is 0 Å². The third-order valence-electron chi connectivity index (χ3n) is 1.18. The Hall–Kier alpha value is -1.85. The van der Waals surface area contributed by atoms with Gasteiger partial charge in [0.05, 0.1) is 0 Å². The summed E-state index contributed by atoms with van der Waals surface area (Å²) in [6, 6.07) is 0. The summed E-state index contributed by atoms with van der Waals surface area (Å²) in [5.74, 6) is -1.17. The minimum Gasteiger partial charge on any atom is -0.478 e. The van der Waals surface area contributed by atoms with Crippen LogP contribution in [0.25, 0.3) is 0 Å². The quantitative estimate of drug-likeness (QED) is 0.605. The molecule has 1 rings (SSSR count). The van der Waals surface area contributed by atoms with Crippen LogP contribution in [0.1, 0.15) is 11.9 Å². The van der Waals surface area contributed by atoms with E-state index in [4.69, 9.17) is 5.11 Å². The van der Waals surface area contributed by atoms with E-state index in [2.05, 4.69) is 14.7 Å². The maximum atomic E-state index is 10.4. The van der Waals surface area contributed by atoms with Crippen LogP contribution in [0.2, 0.25) is 0 Å². The van der Waals surface area contributed by atoms with Gasteiger partial charge in [-0.2, -0.15) is 0 Å². The molecule has 12 heavy (non-hydrogen) atoms. The molecule has 0 saturated carbocycles. The lowest BCUT2D eigenvalue weighted by Gasteiger charge is -2.05. The zero-order valence-corrected chi connectivity index (χ0v) is 5.93. The van der Waals surface area contributed by atoms with Crippen LogP contribution in [0.5, 0.6) is 0 Å². The van der Waals surface area contributed by atoms with E-state index in [1.807, 2.05) is 0 Å². The molecule has 6 heteroatoms. The molecule has 6 nitrogen and oxygen atoms in total. The van der Waals surface area contributed by atoms with Crippen LogP contribution in [-0.2, 0) is 14.3 Å². The first kappa shape index (κ1) is 8.25. The molecule has 0 amide bonds. The normalized spacial score (nSPS) is 12.0. The van der Waals surface area contributed by atoms with Gasteiger partial charge in [-0.15, -0.1) is 0 Å². The Morgan fingerprint density at radius 3 is 3.00 bits per heavy atom. The Morgan fingerprint density at radius 2 is 2.58 bits per heavy atom. The fraction of sp³-hybridized carbons (Fsp3) is 0.167. The number of imidazole rings is 1. The lowest BCUT2D eigenvalue weighted by molar-refractivity contribution is -0.157. The molecular weight excluding hydrogens is 164 g/mol. The smallest absolute Gasteiger partial charge is 0.353 e. The molecule has 0 radical (unpaired) electrons. The number of H-pyrrole nitrogens is 1. The van der Waals surface area contributed by atoms with Gasteiger partial charge in [0, 0.05) is 12.4 Å². The topological polar surface area (TPSA) is 92.3 Å². The Bertz CT molecular complexity index is 269. The van der Waals surface area contributed by atoms with Gasteiger partial charge >= 0.3 is 5.97 Å². The van der Waals surface area contributed by atoms with Crippen LogP contribution in [-0.4, -0.2) is 27.5 Å². The van der Waals surface area contributed by atoms with E-state index in [1.54, 1.807) is 0 Å². The number of rotatable bonds is 4. The third-order valence-corrected chi connectivity index (χ3v) is 1.18. The summed E-state index contributed by atoms with van der Waals surface area (Å²) >= 11 is 0. The average Bonchev–Trinajstić information content (AvgIpc) is 2.51. The van der Waals surface area contributed by atoms with Crippen molar-refractivity contribution in [3.8, 4) is 0 Å². The molecule has 1 heterocycles. The molecule has 0 aliphatic rings. The van der Waals surface area contributed by atoms with Gasteiger partial charge in [-0.3, -0.25) is 4.79 Å². The molecule has 0 aliphatic carbocycles. The number of hydrogen-bond acceptors (Lipinski definition) is 4. The zero-order valence-electron chi connectivity index (χ0n) is 5.93. The van der Waals surface area contributed by atoms with Gasteiger partial charge < -0.3 is 14.8 Å². The zero-order chi connectivity index (χ0) is 8.97. The average molecular weight is 170 g/mol. The number of carboxylic acids is 1. The molecule has 0 fully saturated rings. The highest BCUT2D eigenvalue weighted by molar-refractivity contribution is 5.74. The summed E-state index contributed by atoms with van der Waals surface area (Å²) in [5, 5.41) is 8.53. The van der Waals surface area contributed by atoms with Crippen LogP contribution in [0.15, 0.2) is 12.4 Å². The number of nitrogens with zero attached hydrogens (tertiary/aromatic N) is 1. The second-order valence-electron chi connectivity index (χ2n) is 1.93. The van der Waals surface area contributed by atoms with E-state index < -0.39 is 12.1 Å². The summed E-state index contributed by atoms with van der Waals surface area (Å²) in [5.41, 5.74) is 0. The van der Waals surface area contributed by atoms with Crippen LogP contribution in [0.3, 0.4) is 0 Å². The summed E-state index contributed by atoms with van der Waals surface area (Å²) < 4.78 is 4.27. The molecule has 0 saturated heterocycles. The van der Waals surface area contributed by atoms with Crippen LogP contribution >= 0.6 is 0 Å². The summed E-state index contributed by atoms with van der Waals surface area (Å²) in [4.78, 5) is 26.5. The number of ether oxygens (including phenoxy) is 1. The van der Waals surface area contributed by atoms with Crippen LogP contribution in [0, 0.1) is 0 Å². The van der Waals surface area contributed by atoms with E-state index in [1.165, 1.54) is 12.4 Å². The minimum absolute atomic E-state index is 0.0707. The molecule has 2 N–H and O–H groups in total. The van der Waals surface area contributed by atoms with E-state index in [0.717, 1.165) is 0 Å². The van der Waals surface area contributed by atoms with Crippen LogP contribution < -0.4 is 0 Å². The molecule has 1 atom stereocenters. The van der Waals surface area contributed by atoms with Crippen molar-refractivity contribution in [1.29, 1.82) is 0 Å². The van der Waals surface area contributed by atoms with Crippen molar-refractivity contribution < 1.29 is 19.4 Å². The van der Waals surface area contributed by atoms with Crippen molar-refractivity contribution in [1.82, 2.24) is 9.97 Å². The van der Waals surface area contributed by atoms with E-state index in [9.17, 15) is 9.59 Å². The van der Waals surface area contributed by atoms with Crippen LogP contribution in [0.4, 0.5) is 0 Å². The number of carbonyl (C=O) groups is 2. The van der Waals surface area contributed by atoms with Gasteiger partial charge in [0.15, 0.2) is 5.82 Å².